The Labute approximate surface area is 221 Å². The summed E-state index contributed by atoms with van der Waals surface area (Å²) >= 11 is 0. The third-order valence-corrected chi connectivity index (χ3v) is 7.34. The lowest BCUT2D eigenvalue weighted by molar-refractivity contribution is -0.119. The van der Waals surface area contributed by atoms with Gasteiger partial charge in [-0.15, -0.1) is 0 Å². The lowest BCUT2D eigenvalue weighted by Gasteiger charge is -2.39. The van der Waals surface area contributed by atoms with E-state index in [0.29, 0.717) is 5.69 Å². The Morgan fingerprint density at radius 1 is 0.921 bits per heavy atom. The molecule has 3 amide bonds. The van der Waals surface area contributed by atoms with Crippen molar-refractivity contribution in [2.24, 2.45) is 0 Å². The largest absolute Gasteiger partial charge is 0.322 e. The van der Waals surface area contributed by atoms with Crippen LogP contribution in [0, 0.1) is 5.82 Å². The van der Waals surface area contributed by atoms with E-state index in [1.165, 1.54) is 17.7 Å². The molecule has 38 heavy (non-hydrogen) atoms. The van der Waals surface area contributed by atoms with Crippen LogP contribution in [0.25, 0.3) is 5.69 Å². The van der Waals surface area contributed by atoms with E-state index in [1.54, 1.807) is 21.9 Å². The highest BCUT2D eigenvalue weighted by Gasteiger charge is 2.40. The molecule has 1 aliphatic heterocycles. The number of carbonyl (C=O) groups excluding carboxylic acids is 2. The van der Waals surface area contributed by atoms with Crippen LogP contribution in [0.4, 0.5) is 20.6 Å². The van der Waals surface area contributed by atoms with Gasteiger partial charge in [0.25, 0.3) is 0 Å². The van der Waals surface area contributed by atoms with E-state index in [9.17, 15) is 14.0 Å². The van der Waals surface area contributed by atoms with Crippen molar-refractivity contribution >= 4 is 23.3 Å². The molecule has 4 aromatic rings. The second-order valence-electron chi connectivity index (χ2n) is 9.85. The van der Waals surface area contributed by atoms with Gasteiger partial charge in [-0.05, 0) is 78.9 Å². The fourth-order valence-corrected chi connectivity index (χ4v) is 5.22. The monoisotopic (exact) mass is 508 g/mol. The van der Waals surface area contributed by atoms with Crippen LogP contribution in [0.15, 0.2) is 91.1 Å². The summed E-state index contributed by atoms with van der Waals surface area (Å²) in [4.78, 5) is 30.9. The van der Waals surface area contributed by atoms with Crippen LogP contribution in [0.5, 0.6) is 0 Å². The van der Waals surface area contributed by atoms with Crippen LogP contribution in [0.1, 0.15) is 42.6 Å². The molecule has 6 nitrogen and oxygen atoms in total. The van der Waals surface area contributed by atoms with E-state index in [-0.39, 0.29) is 30.3 Å². The van der Waals surface area contributed by atoms with Crippen LogP contribution in [-0.4, -0.2) is 34.0 Å². The summed E-state index contributed by atoms with van der Waals surface area (Å²) in [7, 11) is 0. The fraction of sp³-hybridized carbons (Fsp3) is 0.226. The van der Waals surface area contributed by atoms with Gasteiger partial charge in [0.1, 0.15) is 18.4 Å². The summed E-state index contributed by atoms with van der Waals surface area (Å²) in [5, 5.41) is 2.97. The Balaban J connectivity index is 1.33. The molecule has 3 aromatic carbocycles. The predicted molar refractivity (Wildman–Crippen MR) is 146 cm³/mol. The number of fused-ring (bicyclic) bond motifs is 3. The Kier molecular flexibility index (Phi) is 6.19. The molecule has 1 N–H and O–H groups in total. The zero-order valence-electron chi connectivity index (χ0n) is 21.2. The fourth-order valence-electron chi connectivity index (χ4n) is 5.22. The molecule has 2 heterocycles. The number of rotatable bonds is 6. The van der Waals surface area contributed by atoms with E-state index >= 15 is 0 Å². The molecule has 6 rings (SSSR count). The number of carbonyl (C=O) groups is 2. The molecule has 1 aliphatic carbocycles. The van der Waals surface area contributed by atoms with Crippen LogP contribution in [0.3, 0.4) is 0 Å². The van der Waals surface area contributed by atoms with E-state index in [2.05, 4.69) is 16.8 Å². The minimum absolute atomic E-state index is 0.0297. The van der Waals surface area contributed by atoms with Crippen molar-refractivity contribution in [2.45, 2.75) is 38.3 Å². The van der Waals surface area contributed by atoms with Gasteiger partial charge in [0, 0.05) is 17.9 Å². The van der Waals surface area contributed by atoms with Crippen LogP contribution >= 0.6 is 0 Å². The average Bonchev–Trinajstić information content (AvgIpc) is 3.66. The van der Waals surface area contributed by atoms with Crippen molar-refractivity contribution in [1.82, 2.24) is 9.47 Å². The maximum Gasteiger partial charge on any atom is 0.322 e. The van der Waals surface area contributed by atoms with Crippen molar-refractivity contribution in [3.63, 3.8) is 0 Å². The number of aryl methyl sites for hydroxylation is 1. The van der Waals surface area contributed by atoms with Gasteiger partial charge >= 0.3 is 6.03 Å². The summed E-state index contributed by atoms with van der Waals surface area (Å²) in [6, 6.07) is 25.0. The number of aromatic nitrogens is 1. The first-order valence-corrected chi connectivity index (χ1v) is 13.0. The van der Waals surface area contributed by atoms with Gasteiger partial charge in [-0.3, -0.25) is 9.69 Å². The first-order valence-electron chi connectivity index (χ1n) is 13.0. The summed E-state index contributed by atoms with van der Waals surface area (Å²) in [6.45, 7) is 2.03. The minimum Gasteiger partial charge on any atom is -0.316 e. The molecule has 7 heteroatoms. The normalized spacial score (nSPS) is 15.9. The highest BCUT2D eigenvalue weighted by atomic mass is 19.1. The molecule has 0 radical (unpaired) electrons. The third-order valence-electron chi connectivity index (χ3n) is 7.34. The molecule has 1 fully saturated rings. The van der Waals surface area contributed by atoms with Crippen LogP contribution < -0.4 is 10.2 Å². The topological polar surface area (TPSA) is 57.6 Å². The lowest BCUT2D eigenvalue weighted by atomic mass is 9.97. The maximum atomic E-state index is 14.1. The van der Waals surface area contributed by atoms with Gasteiger partial charge in [0.2, 0.25) is 5.91 Å². The molecule has 0 bridgehead atoms. The van der Waals surface area contributed by atoms with Gasteiger partial charge in [-0.1, -0.05) is 43.3 Å². The van der Waals surface area contributed by atoms with Crippen molar-refractivity contribution in [2.75, 3.05) is 16.8 Å². The maximum absolute atomic E-state index is 14.1. The molecular weight excluding hydrogens is 479 g/mol. The highest BCUT2D eigenvalue weighted by molar-refractivity contribution is 6.01. The smallest absolute Gasteiger partial charge is 0.316 e. The van der Waals surface area contributed by atoms with E-state index in [4.69, 9.17) is 0 Å². The minimum atomic E-state index is -0.460. The van der Waals surface area contributed by atoms with Gasteiger partial charge in [0.15, 0.2) is 0 Å². The second-order valence-corrected chi connectivity index (χ2v) is 9.85. The Morgan fingerprint density at radius 2 is 1.63 bits per heavy atom. The quantitative estimate of drug-likeness (QED) is 0.332. The molecule has 1 unspecified atom stereocenters. The van der Waals surface area contributed by atoms with Gasteiger partial charge in [-0.2, -0.15) is 0 Å². The number of benzene rings is 3. The second kappa shape index (κ2) is 9.82. The standard InChI is InChI=1S/C31H29FN4O2/c1-2-21-9-15-24(16-10-21)33-31(38)35(25-17-18-25)20-29(37)36-27-7-4-3-6-26(27)34-19-5-8-28(34)30(36)22-11-13-23(32)14-12-22/h3-16,19,25,30H,2,17-18,20H2,1H3,(H,33,38). The molecule has 0 spiro atoms. The summed E-state index contributed by atoms with van der Waals surface area (Å²) in [6.07, 6.45) is 4.64. The highest BCUT2D eigenvalue weighted by Crippen LogP contribution is 2.42. The predicted octanol–water partition coefficient (Wildman–Crippen LogP) is 6.31. The van der Waals surface area contributed by atoms with E-state index in [1.807, 2.05) is 66.9 Å². The summed E-state index contributed by atoms with van der Waals surface area (Å²) in [5.41, 5.74) is 5.24. The first kappa shape index (κ1) is 24.0. The van der Waals surface area contributed by atoms with Crippen molar-refractivity contribution in [1.29, 1.82) is 0 Å². The number of hydrogen-bond acceptors (Lipinski definition) is 2. The first-order chi connectivity index (χ1) is 18.5. The van der Waals surface area contributed by atoms with Crippen molar-refractivity contribution in [3.05, 3.63) is 114 Å². The lowest BCUT2D eigenvalue weighted by Crippen LogP contribution is -2.48. The number of nitrogens with one attached hydrogen (secondary N) is 1. The zero-order chi connectivity index (χ0) is 26.2. The third kappa shape index (κ3) is 4.45. The zero-order valence-corrected chi connectivity index (χ0v) is 21.2. The number of hydrogen-bond donors (Lipinski definition) is 1. The SMILES string of the molecule is CCc1ccc(NC(=O)N(CC(=O)N2c3ccccc3-n3cccc3C2c2ccc(F)cc2)C2CC2)cc1. The Hall–Kier alpha value is -4.39. The molecule has 0 saturated heterocycles. The Morgan fingerprint density at radius 3 is 2.32 bits per heavy atom. The van der Waals surface area contributed by atoms with E-state index < -0.39 is 6.04 Å². The molecule has 192 valence electrons. The number of halogens is 1. The Bertz CT molecular complexity index is 1470. The van der Waals surface area contributed by atoms with Gasteiger partial charge < -0.3 is 14.8 Å². The van der Waals surface area contributed by atoms with E-state index in [0.717, 1.165) is 41.9 Å². The molecule has 1 saturated carbocycles. The molecular formula is C31H29FN4O2. The summed E-state index contributed by atoms with van der Waals surface area (Å²) in [5.74, 6) is -0.524. The number of amides is 3. The van der Waals surface area contributed by atoms with Gasteiger partial charge in [-0.25, -0.2) is 9.18 Å². The van der Waals surface area contributed by atoms with Crippen molar-refractivity contribution < 1.29 is 14.0 Å². The average molecular weight is 509 g/mol. The molecule has 1 aromatic heterocycles. The number of urea groups is 1. The van der Waals surface area contributed by atoms with Crippen LogP contribution in [0.2, 0.25) is 0 Å². The van der Waals surface area contributed by atoms with Crippen LogP contribution in [-0.2, 0) is 11.2 Å². The number of para-hydroxylation sites is 2. The molecule has 1 atom stereocenters. The number of anilines is 2. The van der Waals surface area contributed by atoms with Gasteiger partial charge in [0.05, 0.1) is 17.1 Å². The summed E-state index contributed by atoms with van der Waals surface area (Å²) < 4.78 is 15.9. The number of nitrogens with zero attached hydrogens (tertiary/aromatic N) is 3. The molecule has 2 aliphatic rings. The van der Waals surface area contributed by atoms with Crippen molar-refractivity contribution in [3.8, 4) is 5.69 Å².